The number of pyridine rings is 1. The van der Waals surface area contributed by atoms with Crippen molar-refractivity contribution >= 4 is 34.3 Å². The van der Waals surface area contributed by atoms with Gasteiger partial charge in [0.1, 0.15) is 0 Å². The molecule has 2 aromatic heterocycles. The van der Waals surface area contributed by atoms with Crippen molar-refractivity contribution in [3.05, 3.63) is 84.2 Å². The molecule has 0 aliphatic heterocycles. The van der Waals surface area contributed by atoms with Crippen molar-refractivity contribution in [2.24, 2.45) is 0 Å². The van der Waals surface area contributed by atoms with E-state index in [1.54, 1.807) is 36.3 Å². The summed E-state index contributed by atoms with van der Waals surface area (Å²) in [5, 5.41) is 5.36. The number of aromatic nitrogens is 2. The number of nitrogens with zero attached hydrogens (tertiary/aromatic N) is 2. The summed E-state index contributed by atoms with van der Waals surface area (Å²) in [6.07, 6.45) is 5.29. The lowest BCUT2D eigenvalue weighted by Crippen LogP contribution is -2.12. The number of nitrogens with one attached hydrogen (secondary N) is 1. The number of fused-ring (bicyclic) bond motifs is 1. The van der Waals surface area contributed by atoms with Gasteiger partial charge in [-0.2, -0.15) is 0 Å². The van der Waals surface area contributed by atoms with Crippen LogP contribution >= 0.6 is 11.8 Å². The van der Waals surface area contributed by atoms with Crippen LogP contribution in [0.3, 0.4) is 0 Å². The third kappa shape index (κ3) is 3.34. The Hall–Kier alpha value is -3.05. The lowest BCUT2D eigenvalue weighted by molar-refractivity contribution is 0.102. The zero-order valence-corrected chi connectivity index (χ0v) is 16.0. The Morgan fingerprint density at radius 1 is 1.07 bits per heavy atom. The van der Waals surface area contributed by atoms with E-state index in [1.807, 2.05) is 24.3 Å². The van der Waals surface area contributed by atoms with Crippen LogP contribution in [0.1, 0.15) is 15.9 Å². The quantitative estimate of drug-likeness (QED) is 0.493. The van der Waals surface area contributed by atoms with Crippen LogP contribution in [-0.4, -0.2) is 21.7 Å². The molecule has 134 valence electrons. The molecule has 1 N–H and O–H groups in total. The predicted octanol–water partition coefficient (Wildman–Crippen LogP) is 5.31. The summed E-state index contributed by atoms with van der Waals surface area (Å²) in [6.45, 7) is 2.13. The summed E-state index contributed by atoms with van der Waals surface area (Å²) in [4.78, 5) is 16.3. The molecule has 2 aromatic carbocycles. The van der Waals surface area contributed by atoms with Gasteiger partial charge in [-0.3, -0.25) is 9.78 Å². The zero-order valence-electron chi connectivity index (χ0n) is 15.1. The van der Waals surface area contributed by atoms with Crippen molar-refractivity contribution in [1.82, 2.24) is 9.55 Å². The number of benzene rings is 2. The molecular formula is C22H19N3OS. The summed E-state index contributed by atoms with van der Waals surface area (Å²) < 4.78 is 2.25. The van der Waals surface area contributed by atoms with Crippen molar-refractivity contribution in [3.8, 4) is 5.69 Å². The van der Waals surface area contributed by atoms with Gasteiger partial charge in [-0.25, -0.2) is 0 Å². The Balaban J connectivity index is 1.66. The molecule has 4 nitrogen and oxygen atoms in total. The normalized spacial score (nSPS) is 10.9. The van der Waals surface area contributed by atoms with Gasteiger partial charge in [-0.15, -0.1) is 11.8 Å². The average Bonchev–Trinajstić information content (AvgIpc) is 3.09. The highest BCUT2D eigenvalue weighted by Crippen LogP contribution is 2.31. The first-order valence-corrected chi connectivity index (χ1v) is 9.87. The molecule has 0 radical (unpaired) electrons. The van der Waals surface area contributed by atoms with E-state index in [1.165, 1.54) is 21.5 Å². The molecule has 0 bridgehead atoms. The maximum atomic E-state index is 12.3. The summed E-state index contributed by atoms with van der Waals surface area (Å²) in [7, 11) is 0. The number of anilines is 1. The average molecular weight is 373 g/mol. The fraction of sp³-hybridized carbons (Fsp3) is 0.0909. The molecule has 0 saturated carbocycles. The number of aryl methyl sites for hydroxylation is 1. The fourth-order valence-electron chi connectivity index (χ4n) is 3.17. The molecule has 5 heteroatoms. The van der Waals surface area contributed by atoms with Crippen molar-refractivity contribution in [1.29, 1.82) is 0 Å². The van der Waals surface area contributed by atoms with E-state index in [4.69, 9.17) is 0 Å². The smallest absolute Gasteiger partial charge is 0.257 e. The van der Waals surface area contributed by atoms with Crippen molar-refractivity contribution < 1.29 is 4.79 Å². The van der Waals surface area contributed by atoms with Crippen LogP contribution in [0.2, 0.25) is 0 Å². The number of carbonyl (C=O) groups excluding carboxylic acids is 1. The van der Waals surface area contributed by atoms with Gasteiger partial charge in [0.25, 0.3) is 5.91 Å². The second-order valence-electron chi connectivity index (χ2n) is 6.27. The lowest BCUT2D eigenvalue weighted by Gasteiger charge is -2.11. The van der Waals surface area contributed by atoms with Gasteiger partial charge in [0, 0.05) is 29.2 Å². The third-order valence-electron chi connectivity index (χ3n) is 4.55. The highest BCUT2D eigenvalue weighted by Gasteiger charge is 2.12. The third-order valence-corrected chi connectivity index (χ3v) is 5.27. The highest BCUT2D eigenvalue weighted by molar-refractivity contribution is 7.98. The van der Waals surface area contributed by atoms with Gasteiger partial charge in [-0.05, 0) is 67.3 Å². The van der Waals surface area contributed by atoms with E-state index in [9.17, 15) is 4.79 Å². The topological polar surface area (TPSA) is 46.9 Å². The zero-order chi connectivity index (χ0) is 18.8. The summed E-state index contributed by atoms with van der Waals surface area (Å²) in [5.74, 6) is -0.164. The molecule has 27 heavy (non-hydrogen) atoms. The monoisotopic (exact) mass is 373 g/mol. The molecule has 1 amide bonds. The van der Waals surface area contributed by atoms with Crippen LogP contribution in [0.5, 0.6) is 0 Å². The Morgan fingerprint density at radius 3 is 2.59 bits per heavy atom. The molecule has 0 spiro atoms. The maximum Gasteiger partial charge on any atom is 0.257 e. The van der Waals surface area contributed by atoms with Crippen molar-refractivity contribution in [3.63, 3.8) is 0 Å². The first-order valence-electron chi connectivity index (χ1n) is 8.64. The number of hydrogen-bond acceptors (Lipinski definition) is 3. The number of rotatable bonds is 4. The molecule has 4 rings (SSSR count). The van der Waals surface area contributed by atoms with Crippen molar-refractivity contribution in [2.75, 3.05) is 11.6 Å². The molecule has 4 aromatic rings. The van der Waals surface area contributed by atoms with Gasteiger partial charge >= 0.3 is 0 Å². The summed E-state index contributed by atoms with van der Waals surface area (Å²) >= 11 is 1.72. The van der Waals surface area contributed by atoms with Gasteiger partial charge < -0.3 is 9.88 Å². The minimum absolute atomic E-state index is 0.164. The molecule has 0 fully saturated rings. The molecule has 0 aliphatic rings. The molecular weight excluding hydrogens is 354 g/mol. The Morgan fingerprint density at radius 2 is 1.89 bits per heavy atom. The fourth-order valence-corrected chi connectivity index (χ4v) is 3.79. The van der Waals surface area contributed by atoms with Crippen LogP contribution in [0.4, 0.5) is 5.69 Å². The van der Waals surface area contributed by atoms with E-state index >= 15 is 0 Å². The second-order valence-corrected chi connectivity index (χ2v) is 7.10. The predicted molar refractivity (Wildman–Crippen MR) is 112 cm³/mol. The minimum Gasteiger partial charge on any atom is -0.322 e. The lowest BCUT2D eigenvalue weighted by atomic mass is 10.1. The van der Waals surface area contributed by atoms with Gasteiger partial charge in [0.05, 0.1) is 16.1 Å². The number of carbonyl (C=O) groups is 1. The van der Waals surface area contributed by atoms with E-state index < -0.39 is 0 Å². The molecule has 0 saturated heterocycles. The van der Waals surface area contributed by atoms with Crippen LogP contribution in [0.15, 0.2) is 78.1 Å². The van der Waals surface area contributed by atoms with Crippen LogP contribution in [0.25, 0.3) is 16.6 Å². The summed E-state index contributed by atoms with van der Waals surface area (Å²) in [5.41, 5.74) is 4.82. The van der Waals surface area contributed by atoms with Crippen LogP contribution in [-0.2, 0) is 0 Å². The molecule has 0 unspecified atom stereocenters. The second kappa shape index (κ2) is 7.29. The largest absolute Gasteiger partial charge is 0.322 e. The van der Waals surface area contributed by atoms with Gasteiger partial charge in [0.2, 0.25) is 0 Å². The highest BCUT2D eigenvalue weighted by atomic mass is 32.2. The van der Waals surface area contributed by atoms with Gasteiger partial charge in [0.15, 0.2) is 0 Å². The van der Waals surface area contributed by atoms with E-state index in [0.717, 1.165) is 11.4 Å². The molecule has 2 heterocycles. The minimum atomic E-state index is -0.164. The standard InChI is InChI=1S/C22H19N3OS/c1-15-5-3-7-20-19(15)13-21(27-2)25(20)18-10-8-17(9-11-18)24-22(26)16-6-4-12-23-14-16/h3-14H,1-2H3,(H,24,26). The van der Waals surface area contributed by atoms with E-state index in [-0.39, 0.29) is 5.91 Å². The SMILES string of the molecule is CSc1cc2c(C)cccc2n1-c1ccc(NC(=O)c2cccnc2)cc1. The van der Waals surface area contributed by atoms with Crippen molar-refractivity contribution in [2.45, 2.75) is 11.9 Å². The summed E-state index contributed by atoms with van der Waals surface area (Å²) in [6, 6.07) is 20.0. The maximum absolute atomic E-state index is 12.3. The van der Waals surface area contributed by atoms with E-state index in [2.05, 4.69) is 52.3 Å². The van der Waals surface area contributed by atoms with Crippen LogP contribution < -0.4 is 5.32 Å². The van der Waals surface area contributed by atoms with Gasteiger partial charge in [-0.1, -0.05) is 12.1 Å². The molecule has 0 atom stereocenters. The Labute approximate surface area is 162 Å². The first-order chi connectivity index (χ1) is 13.2. The Kier molecular flexibility index (Phi) is 4.69. The number of hydrogen-bond donors (Lipinski definition) is 1. The molecule has 0 aliphatic carbocycles. The number of amides is 1. The number of thioether (sulfide) groups is 1. The van der Waals surface area contributed by atoms with Crippen LogP contribution in [0, 0.1) is 6.92 Å². The Bertz CT molecular complexity index is 1100. The first kappa shape index (κ1) is 17.4. The van der Waals surface area contributed by atoms with E-state index in [0.29, 0.717) is 5.56 Å².